The fraction of sp³-hybridized carbons (Fsp3) is 0.0741. The number of nitrogens with one attached hydrogen (secondary N) is 3. The Morgan fingerprint density at radius 1 is 0.778 bits per heavy atom. The van der Waals surface area contributed by atoms with Crippen LogP contribution in [0.3, 0.4) is 0 Å². The van der Waals surface area contributed by atoms with Gasteiger partial charge in [-0.15, -0.1) is 0 Å². The molecule has 6 rings (SSSR count). The zero-order chi connectivity index (χ0) is 25.0. The summed E-state index contributed by atoms with van der Waals surface area (Å²) in [6.07, 6.45) is -4.90. The van der Waals surface area contributed by atoms with E-state index in [-0.39, 0.29) is 0 Å². The molecular weight excluding hydrogens is 492 g/mol. The minimum atomic E-state index is -4.41. The Morgan fingerprint density at radius 2 is 1.50 bits per heavy atom. The highest BCUT2D eigenvalue weighted by Gasteiger charge is 2.31. The van der Waals surface area contributed by atoms with Crippen molar-refractivity contribution in [1.29, 1.82) is 0 Å². The molecule has 1 aromatic heterocycles. The molecule has 5 aromatic rings. The van der Waals surface area contributed by atoms with Gasteiger partial charge in [0.05, 0.1) is 33.0 Å². The number of H-pyrrole nitrogens is 1. The number of benzene rings is 4. The second kappa shape index (κ2) is 8.27. The van der Waals surface area contributed by atoms with Crippen molar-refractivity contribution in [3.8, 4) is 22.5 Å². The van der Waals surface area contributed by atoms with Crippen molar-refractivity contribution < 1.29 is 17.6 Å². The monoisotopic (exact) mass is 508 g/mol. The van der Waals surface area contributed by atoms with Crippen LogP contribution < -0.4 is 10.6 Å². The predicted octanol–water partition coefficient (Wildman–Crippen LogP) is 8.24. The lowest BCUT2D eigenvalue weighted by Gasteiger charge is -2.15. The Balaban J connectivity index is 1.25. The SMILES string of the molecule is Fc1cccc(Cl)c1C1Nc2ccc(-c3ccc(-c4nc5ccc(C(F)(F)F)cc5[nH]4)cc3)cc2N1. The number of aromatic amines is 1. The maximum atomic E-state index is 14.4. The zero-order valence-electron chi connectivity index (χ0n) is 18.4. The standard InChI is InChI=1S/C27H17ClF4N4/c28-18-2-1-3-19(29)24(18)26-34-20-10-8-16(12-22(20)36-26)14-4-6-15(7-5-14)25-33-21-11-9-17(27(30,31)32)13-23(21)35-25/h1-13,26,34,36H,(H,33,35). The summed E-state index contributed by atoms with van der Waals surface area (Å²) in [7, 11) is 0. The van der Waals surface area contributed by atoms with E-state index in [0.29, 0.717) is 27.4 Å². The Hall–Kier alpha value is -4.04. The lowest BCUT2D eigenvalue weighted by atomic mass is 10.0. The predicted molar refractivity (Wildman–Crippen MR) is 133 cm³/mol. The Kier molecular flexibility index (Phi) is 5.15. The van der Waals surface area contributed by atoms with Crippen molar-refractivity contribution in [3.05, 3.63) is 101 Å². The molecule has 36 heavy (non-hydrogen) atoms. The zero-order valence-corrected chi connectivity index (χ0v) is 19.2. The first kappa shape index (κ1) is 22.4. The number of imidazole rings is 1. The average molecular weight is 509 g/mol. The molecule has 4 nitrogen and oxygen atoms in total. The summed E-state index contributed by atoms with van der Waals surface area (Å²) in [4.78, 5) is 7.40. The first-order valence-electron chi connectivity index (χ1n) is 11.0. The van der Waals surface area contributed by atoms with Crippen molar-refractivity contribution in [1.82, 2.24) is 9.97 Å². The molecular formula is C27H17ClF4N4. The molecule has 0 spiro atoms. The van der Waals surface area contributed by atoms with Crippen LogP contribution in [0.4, 0.5) is 28.9 Å². The van der Waals surface area contributed by atoms with Crippen LogP contribution in [0.25, 0.3) is 33.5 Å². The van der Waals surface area contributed by atoms with E-state index >= 15 is 0 Å². The summed E-state index contributed by atoms with van der Waals surface area (Å²) in [5.41, 5.74) is 4.70. The molecule has 1 aliphatic rings. The summed E-state index contributed by atoms with van der Waals surface area (Å²) < 4.78 is 53.4. The molecule has 3 N–H and O–H groups in total. The van der Waals surface area contributed by atoms with Crippen molar-refractivity contribution in [2.75, 3.05) is 10.6 Å². The highest BCUT2D eigenvalue weighted by molar-refractivity contribution is 6.31. The molecule has 0 aliphatic carbocycles. The first-order valence-corrected chi connectivity index (χ1v) is 11.4. The molecule has 1 atom stereocenters. The molecule has 0 amide bonds. The van der Waals surface area contributed by atoms with E-state index in [1.165, 1.54) is 12.1 Å². The van der Waals surface area contributed by atoms with E-state index in [9.17, 15) is 17.6 Å². The van der Waals surface area contributed by atoms with Gasteiger partial charge >= 0.3 is 6.18 Å². The summed E-state index contributed by atoms with van der Waals surface area (Å²) in [5.74, 6) is 0.0941. The smallest absolute Gasteiger partial charge is 0.360 e. The Labute approximate surface area is 208 Å². The van der Waals surface area contributed by atoms with Crippen molar-refractivity contribution >= 4 is 34.0 Å². The van der Waals surface area contributed by atoms with E-state index in [4.69, 9.17) is 11.6 Å². The maximum absolute atomic E-state index is 14.4. The molecule has 1 aliphatic heterocycles. The van der Waals surface area contributed by atoms with Gasteiger partial charge in [-0.05, 0) is 53.6 Å². The quantitative estimate of drug-likeness (QED) is 0.215. The van der Waals surface area contributed by atoms with Gasteiger partial charge in [-0.3, -0.25) is 0 Å². The van der Waals surface area contributed by atoms with E-state index in [1.807, 2.05) is 42.5 Å². The number of fused-ring (bicyclic) bond motifs is 2. The lowest BCUT2D eigenvalue weighted by Crippen LogP contribution is -2.14. The topological polar surface area (TPSA) is 52.7 Å². The third-order valence-corrected chi connectivity index (χ3v) is 6.54. The van der Waals surface area contributed by atoms with Gasteiger partial charge < -0.3 is 15.6 Å². The second-order valence-electron chi connectivity index (χ2n) is 8.51. The molecule has 9 heteroatoms. The number of alkyl halides is 3. The minimum absolute atomic E-state index is 0.325. The van der Waals surface area contributed by atoms with Crippen molar-refractivity contribution in [2.24, 2.45) is 0 Å². The first-order chi connectivity index (χ1) is 17.3. The van der Waals surface area contributed by atoms with Crippen molar-refractivity contribution in [2.45, 2.75) is 12.3 Å². The van der Waals surface area contributed by atoms with Crippen LogP contribution in [0.15, 0.2) is 78.9 Å². The molecule has 0 radical (unpaired) electrons. The molecule has 180 valence electrons. The third-order valence-electron chi connectivity index (χ3n) is 6.21. The normalized spacial score (nSPS) is 15.0. The summed E-state index contributed by atoms with van der Waals surface area (Å²) in [6.45, 7) is 0. The molecule has 0 saturated heterocycles. The molecule has 1 unspecified atom stereocenters. The van der Waals surface area contributed by atoms with E-state index in [2.05, 4.69) is 20.6 Å². The average Bonchev–Trinajstić information content (AvgIpc) is 3.46. The molecule has 0 fully saturated rings. The number of rotatable bonds is 3. The molecule has 0 bridgehead atoms. The maximum Gasteiger partial charge on any atom is 0.416 e. The lowest BCUT2D eigenvalue weighted by molar-refractivity contribution is -0.137. The summed E-state index contributed by atoms with van der Waals surface area (Å²) in [6, 6.07) is 21.4. The number of anilines is 2. The summed E-state index contributed by atoms with van der Waals surface area (Å²) in [5, 5.41) is 6.87. The van der Waals surface area contributed by atoms with Crippen molar-refractivity contribution in [3.63, 3.8) is 0 Å². The van der Waals surface area contributed by atoms with E-state index in [1.54, 1.807) is 12.1 Å². The number of aromatic nitrogens is 2. The van der Waals surface area contributed by atoms with Gasteiger partial charge in [0.25, 0.3) is 0 Å². The van der Waals surface area contributed by atoms with Crippen LogP contribution in [-0.4, -0.2) is 9.97 Å². The molecule has 4 aromatic carbocycles. The Bertz CT molecular complexity index is 1590. The van der Waals surface area contributed by atoms with Gasteiger partial charge in [-0.25, -0.2) is 9.37 Å². The highest BCUT2D eigenvalue weighted by Crippen LogP contribution is 2.40. The summed E-state index contributed by atoms with van der Waals surface area (Å²) >= 11 is 6.22. The van der Waals surface area contributed by atoms with Gasteiger partial charge in [0.15, 0.2) is 0 Å². The van der Waals surface area contributed by atoms with Crippen LogP contribution in [0, 0.1) is 5.82 Å². The Morgan fingerprint density at radius 3 is 2.25 bits per heavy atom. The van der Waals surface area contributed by atoms with Crippen LogP contribution in [-0.2, 0) is 6.18 Å². The van der Waals surface area contributed by atoms with Crippen LogP contribution in [0.5, 0.6) is 0 Å². The van der Waals surface area contributed by atoms with Crippen LogP contribution in [0.1, 0.15) is 17.3 Å². The third kappa shape index (κ3) is 3.93. The largest absolute Gasteiger partial charge is 0.416 e. The van der Waals surface area contributed by atoms with Gasteiger partial charge in [-0.2, -0.15) is 13.2 Å². The van der Waals surface area contributed by atoms with E-state index in [0.717, 1.165) is 40.2 Å². The fourth-order valence-corrected chi connectivity index (χ4v) is 4.66. The van der Waals surface area contributed by atoms with E-state index < -0.39 is 23.7 Å². The van der Waals surface area contributed by atoms with Crippen LogP contribution in [0.2, 0.25) is 5.02 Å². The number of hydrogen-bond donors (Lipinski definition) is 3. The molecule has 0 saturated carbocycles. The van der Waals surface area contributed by atoms with Gasteiger partial charge in [0.1, 0.15) is 17.8 Å². The number of halogens is 5. The number of nitrogens with zero attached hydrogens (tertiary/aromatic N) is 1. The van der Waals surface area contributed by atoms with Crippen LogP contribution >= 0.6 is 11.6 Å². The van der Waals surface area contributed by atoms with Gasteiger partial charge in [0, 0.05) is 11.1 Å². The van der Waals surface area contributed by atoms with Gasteiger partial charge in [-0.1, -0.05) is 48.0 Å². The number of hydrogen-bond acceptors (Lipinski definition) is 3. The highest BCUT2D eigenvalue weighted by atomic mass is 35.5. The minimum Gasteiger partial charge on any atom is -0.360 e. The van der Waals surface area contributed by atoms with Gasteiger partial charge in [0.2, 0.25) is 0 Å². The second-order valence-corrected chi connectivity index (χ2v) is 8.92. The molecule has 2 heterocycles. The fourth-order valence-electron chi connectivity index (χ4n) is 4.39.